The van der Waals surface area contributed by atoms with Gasteiger partial charge in [-0.25, -0.2) is 0 Å². The van der Waals surface area contributed by atoms with Crippen molar-refractivity contribution in [2.45, 2.75) is 65.9 Å². The Morgan fingerprint density at radius 3 is 1.98 bits per heavy atom. The molecule has 0 spiro atoms. The number of carboxylic acids is 1. The van der Waals surface area contributed by atoms with E-state index in [0.717, 1.165) is 5.56 Å². The van der Waals surface area contributed by atoms with Crippen molar-refractivity contribution in [1.82, 2.24) is 4.90 Å². The van der Waals surface area contributed by atoms with Crippen LogP contribution in [-0.4, -0.2) is 36.1 Å². The topological polar surface area (TPSA) is 96.0 Å². The van der Waals surface area contributed by atoms with E-state index in [-0.39, 0.29) is 46.9 Å². The maximum absolute atomic E-state index is 13.9. The molecule has 0 radical (unpaired) electrons. The summed E-state index contributed by atoms with van der Waals surface area (Å²) in [6.45, 7) is 7.76. The molecule has 5 rings (SSSR count). The van der Waals surface area contributed by atoms with E-state index < -0.39 is 18.4 Å². The molecule has 3 aliphatic rings. The minimum atomic E-state index is -1.27. The number of ketones is 2. The number of benzene rings is 2. The zero-order valence-corrected chi connectivity index (χ0v) is 25.9. The molecule has 0 bridgehead atoms. The number of halogens is 2. The summed E-state index contributed by atoms with van der Waals surface area (Å²) in [5, 5.41) is 12.9. The highest BCUT2D eigenvalue weighted by Gasteiger charge is 2.49. The van der Waals surface area contributed by atoms with Crippen molar-refractivity contribution in [3.05, 3.63) is 80.1 Å². The highest BCUT2D eigenvalue weighted by atomic mass is 35.5. The monoisotopic (exact) mass is 610 g/mol. The lowest BCUT2D eigenvalue weighted by molar-refractivity contribution is -0.305. The second kappa shape index (κ2) is 11.1. The van der Waals surface area contributed by atoms with Gasteiger partial charge in [0.2, 0.25) is 0 Å². The second-order valence-corrected chi connectivity index (χ2v) is 13.8. The Morgan fingerprint density at radius 2 is 1.48 bits per heavy atom. The summed E-state index contributed by atoms with van der Waals surface area (Å²) in [6.07, 6.45) is 1.51. The summed E-state index contributed by atoms with van der Waals surface area (Å²) in [7, 11) is 1.50. The summed E-state index contributed by atoms with van der Waals surface area (Å²) >= 11 is 12.8. The molecular formula is C33H34Cl2NO6-. The molecule has 7 nitrogen and oxygen atoms in total. The number of nitrogens with zero attached hydrogens (tertiary/aromatic N) is 1. The van der Waals surface area contributed by atoms with Gasteiger partial charge in [0.05, 0.1) is 24.6 Å². The first-order valence-corrected chi connectivity index (χ1v) is 14.7. The SMILES string of the molecule is COc1cc(C2C3=C(CC(C)(C)CC3=O)N(CC(=O)[O-])C3=C2C(=O)CC(C)(C)C3)cc(Cl)c1OCc1ccc(Cl)cc1. The summed E-state index contributed by atoms with van der Waals surface area (Å²) in [5.41, 5.74) is 2.88. The highest BCUT2D eigenvalue weighted by molar-refractivity contribution is 6.32. The van der Waals surface area contributed by atoms with E-state index in [0.29, 0.717) is 57.5 Å². The Labute approximate surface area is 256 Å². The summed E-state index contributed by atoms with van der Waals surface area (Å²) in [4.78, 5) is 41.4. The van der Waals surface area contributed by atoms with Crippen LogP contribution in [-0.2, 0) is 21.0 Å². The third-order valence-electron chi connectivity index (χ3n) is 8.19. The van der Waals surface area contributed by atoms with Crippen LogP contribution in [0.4, 0.5) is 0 Å². The standard InChI is InChI=1S/C33H35Cl2NO6/c1-32(2)12-22-29(24(37)14-32)28(30-23(36(22)16-27(39)40)13-33(3,4)15-25(30)38)19-10-21(35)31(26(11-19)41-5)42-17-18-6-8-20(34)9-7-18/h6-11,28H,12-17H2,1-5H3,(H,39,40)/p-1. The molecule has 42 heavy (non-hydrogen) atoms. The van der Waals surface area contributed by atoms with Gasteiger partial charge in [-0.3, -0.25) is 9.59 Å². The van der Waals surface area contributed by atoms with Gasteiger partial charge in [0.1, 0.15) is 6.61 Å². The zero-order chi connectivity index (χ0) is 30.6. The molecule has 2 aromatic rings. The van der Waals surface area contributed by atoms with Crippen molar-refractivity contribution in [1.29, 1.82) is 0 Å². The van der Waals surface area contributed by atoms with Crippen LogP contribution < -0.4 is 14.6 Å². The van der Waals surface area contributed by atoms with E-state index in [1.54, 1.807) is 29.2 Å². The van der Waals surface area contributed by atoms with Crippen molar-refractivity contribution in [2.24, 2.45) is 10.8 Å². The van der Waals surface area contributed by atoms with E-state index in [1.807, 2.05) is 39.8 Å². The number of hydrogen-bond donors (Lipinski definition) is 0. The maximum atomic E-state index is 13.9. The smallest absolute Gasteiger partial charge is 0.180 e. The number of rotatable bonds is 7. The third kappa shape index (κ3) is 5.82. The maximum Gasteiger partial charge on any atom is 0.180 e. The lowest BCUT2D eigenvalue weighted by Crippen LogP contribution is -2.47. The summed E-state index contributed by atoms with van der Waals surface area (Å²) < 4.78 is 11.8. The van der Waals surface area contributed by atoms with E-state index in [2.05, 4.69) is 0 Å². The molecule has 0 unspecified atom stereocenters. The van der Waals surface area contributed by atoms with Crippen molar-refractivity contribution < 1.29 is 29.0 Å². The molecule has 222 valence electrons. The van der Waals surface area contributed by atoms with Gasteiger partial charge in [-0.15, -0.1) is 0 Å². The van der Waals surface area contributed by atoms with Crippen LogP contribution in [0.5, 0.6) is 11.5 Å². The predicted octanol–water partition coefficient (Wildman–Crippen LogP) is 6.02. The Morgan fingerprint density at radius 1 is 0.929 bits per heavy atom. The molecule has 0 aromatic heterocycles. The molecule has 2 aliphatic carbocycles. The number of hydrogen-bond acceptors (Lipinski definition) is 7. The van der Waals surface area contributed by atoms with Crippen LogP contribution >= 0.6 is 23.2 Å². The largest absolute Gasteiger partial charge is 0.548 e. The fraction of sp³-hybridized carbons (Fsp3) is 0.424. The van der Waals surface area contributed by atoms with E-state index >= 15 is 0 Å². The fourth-order valence-corrected chi connectivity index (χ4v) is 6.88. The first-order chi connectivity index (χ1) is 19.7. The number of allylic oxidation sites excluding steroid dienone is 4. The van der Waals surface area contributed by atoms with Crippen molar-refractivity contribution in [3.8, 4) is 11.5 Å². The minimum absolute atomic E-state index is 0.114. The number of carboxylic acid groups (broad SMARTS) is 1. The molecule has 9 heteroatoms. The van der Waals surface area contributed by atoms with E-state index in [1.165, 1.54) is 7.11 Å². The summed E-state index contributed by atoms with van der Waals surface area (Å²) in [5.74, 6) is -1.51. The lowest BCUT2D eigenvalue weighted by Gasteiger charge is -2.49. The van der Waals surface area contributed by atoms with Crippen LogP contribution in [0.1, 0.15) is 70.4 Å². The minimum Gasteiger partial charge on any atom is -0.548 e. The van der Waals surface area contributed by atoms with E-state index in [9.17, 15) is 19.5 Å². The number of ether oxygens (including phenoxy) is 2. The number of carbonyl (C=O) groups excluding carboxylic acids is 3. The van der Waals surface area contributed by atoms with Gasteiger partial charge >= 0.3 is 0 Å². The molecule has 0 atom stereocenters. The average molecular weight is 612 g/mol. The van der Waals surface area contributed by atoms with Gasteiger partial charge in [-0.2, -0.15) is 0 Å². The summed E-state index contributed by atoms with van der Waals surface area (Å²) in [6, 6.07) is 10.7. The van der Waals surface area contributed by atoms with Gasteiger partial charge in [0.25, 0.3) is 0 Å². The van der Waals surface area contributed by atoms with Gasteiger partial charge in [0.15, 0.2) is 23.1 Å². The van der Waals surface area contributed by atoms with Crippen LogP contribution in [0.15, 0.2) is 58.9 Å². The van der Waals surface area contributed by atoms with Crippen molar-refractivity contribution in [2.75, 3.05) is 13.7 Å². The van der Waals surface area contributed by atoms with Gasteiger partial charge in [-0.05, 0) is 59.1 Å². The quantitative estimate of drug-likeness (QED) is 0.378. The molecular weight excluding hydrogens is 577 g/mol. The van der Waals surface area contributed by atoms with Crippen LogP contribution in [0, 0.1) is 10.8 Å². The van der Waals surface area contributed by atoms with Crippen molar-refractivity contribution >= 4 is 40.7 Å². The fourth-order valence-electron chi connectivity index (χ4n) is 6.48. The first-order valence-electron chi connectivity index (χ1n) is 13.9. The van der Waals surface area contributed by atoms with Gasteiger partial charge < -0.3 is 24.3 Å². The Hall–Kier alpha value is -3.29. The molecule has 0 amide bonds. The molecule has 0 N–H and O–H groups in total. The van der Waals surface area contributed by atoms with Crippen molar-refractivity contribution in [3.63, 3.8) is 0 Å². The Kier molecular flexibility index (Phi) is 7.96. The second-order valence-electron chi connectivity index (χ2n) is 12.9. The third-order valence-corrected chi connectivity index (χ3v) is 8.72. The van der Waals surface area contributed by atoms with Gasteiger partial charge in [0, 0.05) is 46.3 Å². The normalized spacial score (nSPS) is 19.9. The van der Waals surface area contributed by atoms with Crippen LogP contribution in [0.25, 0.3) is 0 Å². The van der Waals surface area contributed by atoms with Gasteiger partial charge in [-0.1, -0.05) is 63.0 Å². The molecule has 1 aliphatic heterocycles. The zero-order valence-electron chi connectivity index (χ0n) is 24.4. The van der Waals surface area contributed by atoms with E-state index in [4.69, 9.17) is 32.7 Å². The molecule has 0 fully saturated rings. The number of Topliss-reactive ketones (excluding diaryl/α,β-unsaturated/α-hetero) is 2. The van der Waals surface area contributed by atoms with Crippen LogP contribution in [0.2, 0.25) is 10.0 Å². The average Bonchev–Trinajstić information content (AvgIpc) is 2.87. The Bertz CT molecular complexity index is 1480. The highest BCUT2D eigenvalue weighted by Crippen LogP contribution is 2.55. The van der Waals surface area contributed by atoms with Crippen LogP contribution in [0.3, 0.4) is 0 Å². The molecule has 1 heterocycles. The molecule has 2 aromatic carbocycles. The Balaban J connectivity index is 1.66. The first kappa shape index (κ1) is 30.2. The lowest BCUT2D eigenvalue weighted by atomic mass is 9.63. The predicted molar refractivity (Wildman–Crippen MR) is 158 cm³/mol. The molecule has 0 saturated carbocycles. The molecule has 0 saturated heterocycles. The number of aliphatic carboxylic acids is 1. The number of methoxy groups -OCH3 is 1. The number of carbonyl (C=O) groups is 3.